The van der Waals surface area contributed by atoms with E-state index in [2.05, 4.69) is 69.1 Å². The SMILES string of the molecule is CC(=O)N[C@@H](CC(=O)O)C(=O)N[C@@H](Cc1ccccc1)C(=O)N[C@H](C(=O)N[C@@H](C)C(=O)N[C@@H](CC(=O)O)C(=O)N[C@@H](CC(=O)O)C(=O)N[C@@H](CC(C)C)C(=O)N[C@@H](CCC(=O)O)C(=O)N[C@@H](CCC(=O)O)C(=O)N[C@@H](CC(C)C)C(=O)N[C@@H](CC(=O)O)C(=O)N[C@H](C(=O)N[C@@H](CC(C)C)C(=O)N[C@@H](C)C(=O)N[C@@H](CO)C(N)=O)[C@@H](C)O)[C@@H](C)O. The molecule has 664 valence electrons. The Morgan fingerprint density at radius 2 is 0.555 bits per heavy atom. The summed E-state index contributed by atoms with van der Waals surface area (Å²) in [6.07, 6.45) is -13.2. The van der Waals surface area contributed by atoms with Gasteiger partial charge in [-0.15, -0.1) is 0 Å². The lowest BCUT2D eigenvalue weighted by Gasteiger charge is -2.29. The number of carbonyl (C=O) groups excluding carboxylic acids is 16. The summed E-state index contributed by atoms with van der Waals surface area (Å²) in [4.78, 5) is 290. The van der Waals surface area contributed by atoms with E-state index in [0.29, 0.717) is 5.56 Å². The molecule has 1 aromatic carbocycles. The zero-order chi connectivity index (χ0) is 91.2. The smallest absolute Gasteiger partial charge is 0.305 e. The monoisotopic (exact) mass is 1690 g/mol. The number of aliphatic carboxylic acids is 6. The van der Waals surface area contributed by atoms with Crippen LogP contribution in [0.5, 0.6) is 0 Å². The number of hydrogen-bond acceptors (Lipinski definition) is 25. The first-order chi connectivity index (χ1) is 55.3. The highest BCUT2D eigenvalue weighted by Crippen LogP contribution is 2.15. The molecule has 0 saturated heterocycles. The molecule has 0 aliphatic rings. The van der Waals surface area contributed by atoms with Crippen molar-refractivity contribution in [3.8, 4) is 0 Å². The number of primary amides is 1. The maximum absolute atomic E-state index is 14.3. The first kappa shape index (κ1) is 104. The van der Waals surface area contributed by atoms with Crippen molar-refractivity contribution in [1.82, 2.24) is 79.8 Å². The highest BCUT2D eigenvalue weighted by Gasteiger charge is 2.41. The first-order valence-electron chi connectivity index (χ1n) is 37.4. The van der Waals surface area contributed by atoms with Gasteiger partial charge >= 0.3 is 35.8 Å². The van der Waals surface area contributed by atoms with Crippen LogP contribution in [0, 0.1) is 17.8 Å². The van der Waals surface area contributed by atoms with Crippen LogP contribution in [0.1, 0.15) is 152 Å². The topological polar surface area (TPSA) is 764 Å². The largest absolute Gasteiger partial charge is 0.481 e. The number of nitrogens with two attached hydrogens (primary N) is 1. The molecule has 119 heavy (non-hydrogen) atoms. The zero-order valence-corrected chi connectivity index (χ0v) is 67.2. The summed E-state index contributed by atoms with van der Waals surface area (Å²) < 4.78 is 0. The average molecular weight is 1700 g/mol. The van der Waals surface area contributed by atoms with Crippen molar-refractivity contribution in [3.05, 3.63) is 35.9 Å². The van der Waals surface area contributed by atoms with Gasteiger partial charge in [0.1, 0.15) is 90.6 Å². The molecule has 26 N–H and O–H groups in total. The lowest BCUT2D eigenvalue weighted by atomic mass is 10.00. The Bertz CT molecular complexity index is 3790. The molecule has 0 spiro atoms. The maximum atomic E-state index is 14.3. The van der Waals surface area contributed by atoms with E-state index in [0.717, 1.165) is 27.7 Å². The van der Waals surface area contributed by atoms with Crippen LogP contribution < -0.4 is 85.5 Å². The number of carboxylic acid groups (broad SMARTS) is 6. The summed E-state index contributed by atoms with van der Waals surface area (Å²) in [5.74, 6) is -31.6. The Labute approximate surface area is 681 Å². The van der Waals surface area contributed by atoms with Gasteiger partial charge in [-0.2, -0.15) is 0 Å². The summed E-state index contributed by atoms with van der Waals surface area (Å²) in [7, 11) is 0. The van der Waals surface area contributed by atoms with Gasteiger partial charge in [-0.05, 0) is 83.1 Å². The number of amides is 16. The number of carboxylic acids is 6. The maximum Gasteiger partial charge on any atom is 0.305 e. The molecule has 0 aliphatic carbocycles. The van der Waals surface area contributed by atoms with Gasteiger partial charge in [-0.3, -0.25) is 105 Å². The van der Waals surface area contributed by atoms with Crippen LogP contribution in [0.3, 0.4) is 0 Å². The van der Waals surface area contributed by atoms with Crippen molar-refractivity contribution in [3.63, 3.8) is 0 Å². The summed E-state index contributed by atoms with van der Waals surface area (Å²) in [6.45, 7) is 13.6. The molecule has 17 atom stereocenters. The van der Waals surface area contributed by atoms with Crippen LogP contribution in [-0.4, -0.2) is 286 Å². The Kier molecular flexibility index (Phi) is 45.2. The number of rotatable bonds is 55. The number of aliphatic hydroxyl groups is 3. The molecule has 0 bridgehead atoms. The van der Waals surface area contributed by atoms with E-state index in [9.17, 15) is 151 Å². The van der Waals surface area contributed by atoms with Gasteiger partial charge in [0.2, 0.25) is 94.5 Å². The summed E-state index contributed by atoms with van der Waals surface area (Å²) in [6, 6.07) is -20.2. The molecule has 0 heterocycles. The van der Waals surface area contributed by atoms with E-state index in [-0.39, 0.29) is 25.2 Å². The second kappa shape index (κ2) is 51.5. The Morgan fingerprint density at radius 3 is 0.866 bits per heavy atom. The van der Waals surface area contributed by atoms with E-state index < -0.39 is 309 Å². The van der Waals surface area contributed by atoms with Crippen LogP contribution in [0.15, 0.2) is 30.3 Å². The Hall–Kier alpha value is -12.6. The molecule has 47 heteroatoms. The fourth-order valence-electron chi connectivity index (χ4n) is 11.1. The predicted molar refractivity (Wildman–Crippen MR) is 407 cm³/mol. The fourth-order valence-corrected chi connectivity index (χ4v) is 11.1. The van der Waals surface area contributed by atoms with Gasteiger partial charge in [0.15, 0.2) is 0 Å². The molecule has 0 saturated carbocycles. The molecule has 47 nitrogen and oxygen atoms in total. The first-order valence-corrected chi connectivity index (χ1v) is 37.4. The number of hydrogen-bond donors (Lipinski definition) is 25. The quantitative estimate of drug-likeness (QED) is 0.0288. The standard InChI is InChI=1S/C72H110N16O31/c1-30(2)21-41(63(110)74-33(7)60(107)86-49(29-89)58(73)105)85-72(119)57(36(10)91)88-70(117)48(28-55(103)104)84-65(112)43(23-32(5)6)80-62(109)40(18-20-51(95)96)77-61(108)39(17-19-50(93)94)78-64(111)42(22-31(3)4)81-68(115)47(27-54(101)102)83-67(114)46(26-53(99)100)79-59(106)34(8)75-71(118)56(35(9)90)87-69(116)44(24-38-15-13-12-14-16-38)82-66(113)45(25-52(97)98)76-37(11)92/h12-16,30-36,39-49,56-57,89-91H,17-29H2,1-11H3,(H2,73,105)(H,74,110)(H,75,118)(H,76,92)(H,77,108)(H,78,111)(H,79,106)(H,80,109)(H,81,115)(H,82,113)(H,83,114)(H,84,112)(H,85,119)(H,86,107)(H,87,116)(H,88,117)(H,93,94)(H,95,96)(H,97,98)(H,99,100)(H,101,102)(H,103,104)/t33-,34-,35+,36+,39-,40-,41-,42-,43-,44-,45-,46-,47-,48-,49-,56-,57-/m0/s1. The Morgan fingerprint density at radius 1 is 0.303 bits per heavy atom. The molecular weight excluding hydrogens is 1580 g/mol. The Balaban J connectivity index is 3.64. The van der Waals surface area contributed by atoms with Crippen LogP contribution in [-0.2, 0) is 112 Å². The van der Waals surface area contributed by atoms with Gasteiger partial charge in [-0.25, -0.2) is 0 Å². The molecule has 0 radical (unpaired) electrons. The third-order valence-corrected chi connectivity index (χ3v) is 17.1. The minimum atomic E-state index is -2.27. The third kappa shape index (κ3) is 40.2. The van der Waals surface area contributed by atoms with Crippen molar-refractivity contribution >= 4 is 130 Å². The lowest BCUT2D eigenvalue weighted by molar-refractivity contribution is -0.143. The van der Waals surface area contributed by atoms with E-state index in [1.165, 1.54) is 46.8 Å². The van der Waals surface area contributed by atoms with Crippen LogP contribution >= 0.6 is 0 Å². The highest BCUT2D eigenvalue weighted by atomic mass is 16.4. The van der Waals surface area contributed by atoms with Gasteiger partial charge in [-0.1, -0.05) is 71.9 Å². The van der Waals surface area contributed by atoms with Gasteiger partial charge < -0.3 is 131 Å². The molecule has 0 aliphatic heterocycles. The van der Waals surface area contributed by atoms with Crippen molar-refractivity contribution in [2.45, 2.75) is 256 Å². The third-order valence-electron chi connectivity index (χ3n) is 17.1. The molecule has 1 rings (SSSR count). The fraction of sp³-hybridized carbons (Fsp3) is 0.611. The summed E-state index contributed by atoms with van der Waals surface area (Å²) >= 11 is 0. The summed E-state index contributed by atoms with van der Waals surface area (Å²) in [5.41, 5.74) is 5.57. The van der Waals surface area contributed by atoms with E-state index in [1.807, 2.05) is 10.6 Å². The normalized spacial score (nSPS) is 15.4. The van der Waals surface area contributed by atoms with Crippen molar-refractivity contribution in [2.24, 2.45) is 23.5 Å². The molecule has 16 amide bonds. The van der Waals surface area contributed by atoms with Crippen molar-refractivity contribution in [1.29, 1.82) is 0 Å². The lowest BCUT2D eigenvalue weighted by Crippen LogP contribution is -2.62. The second-order valence-corrected chi connectivity index (χ2v) is 29.2. The van der Waals surface area contributed by atoms with E-state index in [1.54, 1.807) is 32.0 Å². The second-order valence-electron chi connectivity index (χ2n) is 29.2. The van der Waals surface area contributed by atoms with Gasteiger partial charge in [0, 0.05) is 26.2 Å². The van der Waals surface area contributed by atoms with Gasteiger partial charge in [0.25, 0.3) is 0 Å². The van der Waals surface area contributed by atoms with Crippen LogP contribution in [0.25, 0.3) is 0 Å². The molecule has 0 fully saturated rings. The average Bonchev–Trinajstić information content (AvgIpc) is 0.852. The number of aliphatic hydroxyl groups excluding tert-OH is 3. The molecule has 0 aromatic heterocycles. The molecule has 1 aromatic rings. The number of benzene rings is 1. The number of carbonyl (C=O) groups is 22. The van der Waals surface area contributed by atoms with Crippen LogP contribution in [0.4, 0.5) is 0 Å². The zero-order valence-electron chi connectivity index (χ0n) is 67.2. The molecule has 0 unspecified atom stereocenters. The predicted octanol–water partition coefficient (Wildman–Crippen LogP) is -8.43. The van der Waals surface area contributed by atoms with E-state index in [4.69, 9.17) is 5.73 Å². The van der Waals surface area contributed by atoms with Crippen LogP contribution in [0.2, 0.25) is 0 Å². The van der Waals surface area contributed by atoms with Gasteiger partial charge in [0.05, 0.1) is 44.5 Å². The van der Waals surface area contributed by atoms with Crippen molar-refractivity contribution in [2.75, 3.05) is 6.61 Å². The highest BCUT2D eigenvalue weighted by molar-refractivity contribution is 6.02. The van der Waals surface area contributed by atoms with Crippen molar-refractivity contribution < 1.29 is 151 Å². The van der Waals surface area contributed by atoms with E-state index >= 15 is 0 Å². The minimum absolute atomic E-state index is 0.138. The summed E-state index contributed by atoms with van der Waals surface area (Å²) in [5, 5.41) is 122. The minimum Gasteiger partial charge on any atom is -0.481 e. The molecular formula is C72H110N16O31. The number of nitrogens with one attached hydrogen (secondary N) is 15.